The summed E-state index contributed by atoms with van der Waals surface area (Å²) in [6, 6.07) is 17.3. The summed E-state index contributed by atoms with van der Waals surface area (Å²) in [5, 5.41) is 12.1. The molecule has 2 heterocycles. The Labute approximate surface area is 215 Å². The van der Waals surface area contributed by atoms with E-state index in [0.29, 0.717) is 23.3 Å². The molecule has 0 bridgehead atoms. The smallest absolute Gasteiger partial charge is 0.295 e. The Hall–Kier alpha value is -3.91. The predicted molar refractivity (Wildman–Crippen MR) is 138 cm³/mol. The lowest BCUT2D eigenvalue weighted by Crippen LogP contribution is -2.31. The van der Waals surface area contributed by atoms with E-state index in [4.69, 9.17) is 4.74 Å². The number of halogens is 2. The Morgan fingerprint density at radius 2 is 1.81 bits per heavy atom. The van der Waals surface area contributed by atoms with Gasteiger partial charge in [0.25, 0.3) is 11.7 Å². The van der Waals surface area contributed by atoms with Crippen LogP contribution in [-0.2, 0) is 16.0 Å². The summed E-state index contributed by atoms with van der Waals surface area (Å²) in [6.45, 7) is 0.216. The number of aromatic nitrogens is 1. The Bertz CT molecular complexity index is 1490. The number of aliphatic hydroxyl groups is 1. The zero-order valence-electron chi connectivity index (χ0n) is 19.3. The van der Waals surface area contributed by atoms with E-state index in [1.165, 1.54) is 29.2 Å². The quantitative estimate of drug-likeness (QED) is 0.183. The Balaban J connectivity index is 1.55. The van der Waals surface area contributed by atoms with Crippen molar-refractivity contribution in [2.45, 2.75) is 12.5 Å². The highest BCUT2D eigenvalue weighted by Crippen LogP contribution is 2.40. The first kappa shape index (κ1) is 23.8. The van der Waals surface area contributed by atoms with E-state index in [0.717, 1.165) is 20.9 Å². The molecule has 8 heteroatoms. The fourth-order valence-electron chi connectivity index (χ4n) is 4.60. The zero-order chi connectivity index (χ0) is 25.4. The predicted octanol–water partition coefficient (Wildman–Crippen LogP) is 5.74. The summed E-state index contributed by atoms with van der Waals surface area (Å²) in [5.74, 6) is -1.47. The van der Waals surface area contributed by atoms with Crippen molar-refractivity contribution >= 4 is 44.3 Å². The van der Waals surface area contributed by atoms with Crippen LogP contribution in [0.15, 0.2) is 83.0 Å². The molecule has 1 atom stereocenters. The van der Waals surface area contributed by atoms with E-state index in [9.17, 15) is 19.1 Å². The van der Waals surface area contributed by atoms with E-state index in [1.54, 1.807) is 31.4 Å². The lowest BCUT2D eigenvalue weighted by Gasteiger charge is -2.25. The second-order valence-electron chi connectivity index (χ2n) is 8.53. The molecule has 4 aromatic rings. The minimum atomic E-state index is -0.853. The van der Waals surface area contributed by atoms with Gasteiger partial charge in [0.2, 0.25) is 0 Å². The number of fused-ring (bicyclic) bond motifs is 1. The number of nitrogens with one attached hydrogen (secondary N) is 1. The first-order valence-electron chi connectivity index (χ1n) is 11.3. The number of aromatic amines is 1. The van der Waals surface area contributed by atoms with E-state index in [-0.39, 0.29) is 17.9 Å². The molecule has 1 aromatic heterocycles. The van der Waals surface area contributed by atoms with Gasteiger partial charge in [0.15, 0.2) is 0 Å². The normalized spacial score (nSPS) is 17.2. The van der Waals surface area contributed by atoms with Gasteiger partial charge in [0, 0.05) is 33.7 Å². The van der Waals surface area contributed by atoms with Crippen molar-refractivity contribution in [1.82, 2.24) is 9.88 Å². The molecule has 1 saturated heterocycles. The average Bonchev–Trinajstić information content (AvgIpc) is 3.40. The van der Waals surface area contributed by atoms with E-state index in [1.807, 2.05) is 24.4 Å². The number of amides is 1. The van der Waals surface area contributed by atoms with Gasteiger partial charge in [-0.05, 0) is 60.0 Å². The molecule has 6 nitrogen and oxygen atoms in total. The van der Waals surface area contributed by atoms with Gasteiger partial charge in [-0.3, -0.25) is 9.59 Å². The Kier molecular flexibility index (Phi) is 6.36. The van der Waals surface area contributed by atoms with Crippen LogP contribution in [0.2, 0.25) is 0 Å². The number of H-pyrrole nitrogens is 1. The minimum Gasteiger partial charge on any atom is -0.507 e. The SMILES string of the molecule is COc1ccc2[nH]cc(CCN3C(=O)C(=O)/C(=C(\O)c4ccc(Br)cc4)C3c3ccc(F)cc3)c2c1. The zero-order valence-corrected chi connectivity index (χ0v) is 20.9. The molecule has 0 radical (unpaired) electrons. The van der Waals surface area contributed by atoms with Crippen molar-refractivity contribution < 1.29 is 23.8 Å². The van der Waals surface area contributed by atoms with Gasteiger partial charge in [-0.15, -0.1) is 0 Å². The van der Waals surface area contributed by atoms with Gasteiger partial charge in [0.1, 0.15) is 17.3 Å². The molecule has 1 fully saturated rings. The van der Waals surface area contributed by atoms with E-state index < -0.39 is 23.5 Å². The number of rotatable bonds is 6. The lowest BCUT2D eigenvalue weighted by molar-refractivity contribution is -0.139. The molecule has 1 aliphatic rings. The molecule has 0 aliphatic carbocycles. The van der Waals surface area contributed by atoms with Crippen LogP contribution < -0.4 is 4.74 Å². The fraction of sp³-hybridized carbons (Fsp3) is 0.143. The Morgan fingerprint density at radius 1 is 1.08 bits per heavy atom. The third kappa shape index (κ3) is 4.28. The highest BCUT2D eigenvalue weighted by molar-refractivity contribution is 9.10. The standard InChI is InChI=1S/C28H22BrFN2O4/c1-36-21-10-11-23-22(14-21)18(15-31-23)12-13-32-25(16-4-8-20(30)9-5-16)24(27(34)28(32)35)26(33)17-2-6-19(29)7-3-17/h2-11,14-15,25,31,33H,12-13H2,1H3/b26-24-. The van der Waals surface area contributed by atoms with Crippen LogP contribution >= 0.6 is 15.9 Å². The average molecular weight is 549 g/mol. The molecular weight excluding hydrogens is 527 g/mol. The van der Waals surface area contributed by atoms with Crippen LogP contribution in [0.3, 0.4) is 0 Å². The van der Waals surface area contributed by atoms with Crippen LogP contribution in [0.5, 0.6) is 5.75 Å². The van der Waals surface area contributed by atoms with Crippen molar-refractivity contribution in [1.29, 1.82) is 0 Å². The van der Waals surface area contributed by atoms with E-state index in [2.05, 4.69) is 20.9 Å². The number of ketones is 1. The number of benzene rings is 3. The molecule has 1 unspecified atom stereocenters. The maximum absolute atomic E-state index is 13.7. The first-order valence-corrected chi connectivity index (χ1v) is 12.1. The van der Waals surface area contributed by atoms with Crippen molar-refractivity contribution in [3.63, 3.8) is 0 Å². The minimum absolute atomic E-state index is 0.0190. The Morgan fingerprint density at radius 3 is 2.50 bits per heavy atom. The van der Waals surface area contributed by atoms with Gasteiger partial charge < -0.3 is 19.7 Å². The first-order chi connectivity index (χ1) is 17.4. The van der Waals surface area contributed by atoms with Gasteiger partial charge in [0.05, 0.1) is 18.7 Å². The third-order valence-corrected chi connectivity index (χ3v) is 6.97. The second kappa shape index (κ2) is 9.62. The second-order valence-corrected chi connectivity index (χ2v) is 9.44. The van der Waals surface area contributed by atoms with Gasteiger partial charge in [-0.1, -0.05) is 40.2 Å². The molecule has 0 spiro atoms. The number of hydrogen-bond donors (Lipinski definition) is 2. The van der Waals surface area contributed by atoms with Crippen molar-refractivity contribution in [2.24, 2.45) is 0 Å². The van der Waals surface area contributed by atoms with Crippen LogP contribution in [0.4, 0.5) is 4.39 Å². The molecule has 2 N–H and O–H groups in total. The van der Waals surface area contributed by atoms with Crippen molar-refractivity contribution in [2.75, 3.05) is 13.7 Å². The maximum Gasteiger partial charge on any atom is 0.295 e. The molecule has 0 saturated carbocycles. The molecule has 1 aliphatic heterocycles. The maximum atomic E-state index is 13.7. The monoisotopic (exact) mass is 548 g/mol. The summed E-state index contributed by atoms with van der Waals surface area (Å²) in [7, 11) is 1.60. The molecular formula is C28H22BrFN2O4. The third-order valence-electron chi connectivity index (χ3n) is 6.44. The summed E-state index contributed by atoms with van der Waals surface area (Å²) in [6.07, 6.45) is 2.33. The summed E-state index contributed by atoms with van der Waals surface area (Å²) in [4.78, 5) is 31.1. The van der Waals surface area contributed by atoms with E-state index >= 15 is 0 Å². The number of likely N-dealkylation sites (tertiary alicyclic amines) is 1. The summed E-state index contributed by atoms with van der Waals surface area (Å²) >= 11 is 3.36. The van der Waals surface area contributed by atoms with Crippen LogP contribution in [0, 0.1) is 5.82 Å². The number of carbonyl (C=O) groups is 2. The number of hydrogen-bond acceptors (Lipinski definition) is 4. The fourth-order valence-corrected chi connectivity index (χ4v) is 4.86. The largest absolute Gasteiger partial charge is 0.507 e. The molecule has 182 valence electrons. The van der Waals surface area contributed by atoms with Gasteiger partial charge in [-0.25, -0.2) is 4.39 Å². The van der Waals surface area contributed by atoms with Crippen LogP contribution in [0.1, 0.15) is 22.7 Å². The number of aliphatic hydroxyl groups excluding tert-OH is 1. The summed E-state index contributed by atoms with van der Waals surface area (Å²) in [5.41, 5.74) is 2.81. The molecule has 1 amide bonds. The summed E-state index contributed by atoms with van der Waals surface area (Å²) < 4.78 is 19.8. The number of ether oxygens (including phenoxy) is 1. The number of carbonyl (C=O) groups excluding carboxylic acids is 2. The van der Waals surface area contributed by atoms with Crippen LogP contribution in [0.25, 0.3) is 16.7 Å². The lowest BCUT2D eigenvalue weighted by atomic mass is 9.95. The van der Waals surface area contributed by atoms with Gasteiger partial charge in [-0.2, -0.15) is 0 Å². The highest BCUT2D eigenvalue weighted by atomic mass is 79.9. The van der Waals surface area contributed by atoms with Crippen molar-refractivity contribution in [3.8, 4) is 5.75 Å². The van der Waals surface area contributed by atoms with Crippen molar-refractivity contribution in [3.05, 3.63) is 105 Å². The molecule has 5 rings (SSSR count). The highest BCUT2D eigenvalue weighted by Gasteiger charge is 2.45. The van der Waals surface area contributed by atoms with Gasteiger partial charge >= 0.3 is 0 Å². The number of methoxy groups -OCH3 is 1. The van der Waals surface area contributed by atoms with Crippen LogP contribution in [-0.4, -0.2) is 40.3 Å². The topological polar surface area (TPSA) is 82.6 Å². The number of Topliss-reactive ketones (excluding diaryl/α,β-unsaturated/α-hetero) is 1. The molecule has 36 heavy (non-hydrogen) atoms. The number of nitrogens with zero attached hydrogens (tertiary/aromatic N) is 1. The molecule has 3 aromatic carbocycles.